The topological polar surface area (TPSA) is 80.9 Å². The van der Waals surface area contributed by atoms with Gasteiger partial charge in [-0.2, -0.15) is 0 Å². The molecule has 5 aromatic rings. The third-order valence-electron chi connectivity index (χ3n) is 8.09. The summed E-state index contributed by atoms with van der Waals surface area (Å²) in [6, 6.07) is 28.7. The van der Waals surface area contributed by atoms with Crippen molar-refractivity contribution >= 4 is 0 Å². The molecule has 0 saturated carbocycles. The van der Waals surface area contributed by atoms with E-state index >= 15 is 0 Å². The molecule has 5 rings (SSSR count). The molecule has 0 aliphatic rings. The summed E-state index contributed by atoms with van der Waals surface area (Å²) < 4.78 is 0. The highest BCUT2D eigenvalue weighted by molar-refractivity contribution is 5.75. The summed E-state index contributed by atoms with van der Waals surface area (Å²) in [5.41, 5.74) is 7.89. The zero-order valence-corrected chi connectivity index (χ0v) is 23.4. The fourth-order valence-electron chi connectivity index (χ4n) is 5.55. The molecular formula is C36H34O4. The molecule has 0 spiro atoms. The first kappa shape index (κ1) is 26.9. The fourth-order valence-corrected chi connectivity index (χ4v) is 5.55. The molecule has 4 nitrogen and oxygen atoms in total. The molecule has 0 aromatic heterocycles. The maximum absolute atomic E-state index is 11.6. The van der Waals surface area contributed by atoms with Crippen LogP contribution < -0.4 is 0 Å². The van der Waals surface area contributed by atoms with Crippen molar-refractivity contribution in [3.05, 3.63) is 130 Å². The van der Waals surface area contributed by atoms with Crippen LogP contribution in [0.3, 0.4) is 0 Å². The van der Waals surface area contributed by atoms with Crippen LogP contribution in [-0.2, 0) is 5.41 Å². The molecule has 0 bridgehead atoms. The summed E-state index contributed by atoms with van der Waals surface area (Å²) in [5, 5.41) is 43.4. The number of benzene rings is 5. The molecule has 0 radical (unpaired) electrons. The SMILES string of the molecule is Cc1cc(-c2cc(C)c(O)c(C(C)(c3ccccc3)c3cc(-c4ccc(O)c(C)c4)cc(C)c3O)c2)ccc1O. The van der Waals surface area contributed by atoms with E-state index in [0.717, 1.165) is 38.9 Å². The molecule has 4 N–H and O–H groups in total. The van der Waals surface area contributed by atoms with E-state index in [1.807, 2.05) is 113 Å². The molecule has 0 saturated heterocycles. The summed E-state index contributed by atoms with van der Waals surface area (Å²) in [5.74, 6) is 0.785. The van der Waals surface area contributed by atoms with Crippen LogP contribution in [0.4, 0.5) is 0 Å². The third kappa shape index (κ3) is 4.56. The average molecular weight is 531 g/mol. The lowest BCUT2D eigenvalue weighted by molar-refractivity contribution is 0.438. The van der Waals surface area contributed by atoms with Gasteiger partial charge >= 0.3 is 0 Å². The van der Waals surface area contributed by atoms with E-state index in [4.69, 9.17) is 0 Å². The number of hydrogen-bond acceptors (Lipinski definition) is 4. The summed E-state index contributed by atoms with van der Waals surface area (Å²) in [4.78, 5) is 0. The largest absolute Gasteiger partial charge is 0.508 e. The molecule has 0 amide bonds. The molecule has 202 valence electrons. The highest BCUT2D eigenvalue weighted by atomic mass is 16.3. The Kier molecular flexibility index (Phi) is 6.80. The van der Waals surface area contributed by atoms with Gasteiger partial charge in [0.25, 0.3) is 0 Å². The Morgan fingerprint density at radius 3 is 1.25 bits per heavy atom. The molecule has 5 aromatic carbocycles. The number of aryl methyl sites for hydroxylation is 4. The molecule has 0 aliphatic carbocycles. The second-order valence-corrected chi connectivity index (χ2v) is 10.9. The van der Waals surface area contributed by atoms with Crippen molar-refractivity contribution < 1.29 is 20.4 Å². The molecule has 0 fully saturated rings. The van der Waals surface area contributed by atoms with Crippen molar-refractivity contribution in [2.24, 2.45) is 0 Å². The van der Waals surface area contributed by atoms with Gasteiger partial charge in [0.05, 0.1) is 0 Å². The van der Waals surface area contributed by atoms with Crippen LogP contribution in [0.2, 0.25) is 0 Å². The van der Waals surface area contributed by atoms with Gasteiger partial charge < -0.3 is 20.4 Å². The fraction of sp³-hybridized carbons (Fsp3) is 0.167. The van der Waals surface area contributed by atoms with Crippen molar-refractivity contribution in [1.29, 1.82) is 0 Å². The van der Waals surface area contributed by atoms with E-state index in [2.05, 4.69) is 0 Å². The van der Waals surface area contributed by atoms with Gasteiger partial charge in [-0.1, -0.05) is 42.5 Å². The molecule has 40 heavy (non-hydrogen) atoms. The van der Waals surface area contributed by atoms with Crippen LogP contribution in [0, 0.1) is 27.7 Å². The van der Waals surface area contributed by atoms with Crippen LogP contribution in [-0.4, -0.2) is 20.4 Å². The zero-order valence-electron chi connectivity index (χ0n) is 23.4. The lowest BCUT2D eigenvalue weighted by atomic mass is 9.68. The first-order valence-electron chi connectivity index (χ1n) is 13.3. The van der Waals surface area contributed by atoms with E-state index < -0.39 is 5.41 Å². The van der Waals surface area contributed by atoms with Crippen molar-refractivity contribution in [3.63, 3.8) is 0 Å². The standard InChI is InChI=1S/C36H34O4/c1-21-15-25(11-13-32(21)37)27-17-23(3)34(39)30(19-27)36(5,29-9-7-6-8-10-29)31-20-28(18-24(4)35(31)40)26-12-14-33(38)22(2)16-26/h6-20,37-40H,1-5H3. The van der Waals surface area contributed by atoms with Crippen molar-refractivity contribution in [1.82, 2.24) is 0 Å². The summed E-state index contributed by atoms with van der Waals surface area (Å²) in [7, 11) is 0. The second-order valence-electron chi connectivity index (χ2n) is 10.9. The number of hydrogen-bond donors (Lipinski definition) is 4. The van der Waals surface area contributed by atoms with Gasteiger partial charge in [-0.05, 0) is 133 Å². The van der Waals surface area contributed by atoms with Crippen LogP contribution in [0.1, 0.15) is 45.9 Å². The normalized spacial score (nSPS) is 11.5. The van der Waals surface area contributed by atoms with Gasteiger partial charge in [0.15, 0.2) is 0 Å². The third-order valence-corrected chi connectivity index (χ3v) is 8.09. The van der Waals surface area contributed by atoms with Crippen LogP contribution >= 0.6 is 0 Å². The van der Waals surface area contributed by atoms with E-state index in [1.54, 1.807) is 12.1 Å². The van der Waals surface area contributed by atoms with Crippen LogP contribution in [0.5, 0.6) is 23.0 Å². The Morgan fingerprint density at radius 2 is 0.850 bits per heavy atom. The Bertz CT molecular complexity index is 1630. The Hall–Kier alpha value is -4.70. The summed E-state index contributed by atoms with van der Waals surface area (Å²) >= 11 is 0. The molecule has 0 heterocycles. The smallest absolute Gasteiger partial charge is 0.122 e. The Labute approximate surface area is 235 Å². The first-order valence-corrected chi connectivity index (χ1v) is 13.3. The first-order chi connectivity index (χ1) is 19.0. The molecule has 0 aliphatic heterocycles. The monoisotopic (exact) mass is 530 g/mol. The van der Waals surface area contributed by atoms with E-state index in [-0.39, 0.29) is 23.0 Å². The van der Waals surface area contributed by atoms with E-state index in [1.165, 1.54) is 0 Å². The minimum Gasteiger partial charge on any atom is -0.508 e. The minimum atomic E-state index is -0.936. The van der Waals surface area contributed by atoms with Gasteiger partial charge in [0, 0.05) is 16.5 Å². The summed E-state index contributed by atoms with van der Waals surface area (Å²) in [6.07, 6.45) is 0. The minimum absolute atomic E-state index is 0.161. The van der Waals surface area contributed by atoms with E-state index in [0.29, 0.717) is 22.3 Å². The Morgan fingerprint density at radius 1 is 0.450 bits per heavy atom. The van der Waals surface area contributed by atoms with Gasteiger partial charge in [-0.25, -0.2) is 0 Å². The lowest BCUT2D eigenvalue weighted by Crippen LogP contribution is -2.26. The van der Waals surface area contributed by atoms with E-state index in [9.17, 15) is 20.4 Å². The predicted molar refractivity (Wildman–Crippen MR) is 161 cm³/mol. The molecular weight excluding hydrogens is 496 g/mol. The number of rotatable bonds is 5. The molecule has 0 atom stereocenters. The zero-order chi connectivity index (χ0) is 28.8. The van der Waals surface area contributed by atoms with Crippen molar-refractivity contribution in [3.8, 4) is 45.3 Å². The van der Waals surface area contributed by atoms with Crippen molar-refractivity contribution in [2.45, 2.75) is 40.0 Å². The van der Waals surface area contributed by atoms with Crippen LogP contribution in [0.15, 0.2) is 91.0 Å². The van der Waals surface area contributed by atoms with Gasteiger partial charge in [-0.15, -0.1) is 0 Å². The maximum atomic E-state index is 11.6. The van der Waals surface area contributed by atoms with Crippen molar-refractivity contribution in [2.75, 3.05) is 0 Å². The highest BCUT2D eigenvalue weighted by Gasteiger charge is 2.37. The lowest BCUT2D eigenvalue weighted by Gasteiger charge is -2.34. The Balaban J connectivity index is 1.82. The molecule has 0 unspecified atom stereocenters. The highest BCUT2D eigenvalue weighted by Crippen LogP contribution is 2.49. The maximum Gasteiger partial charge on any atom is 0.122 e. The van der Waals surface area contributed by atoms with Gasteiger partial charge in [-0.3, -0.25) is 0 Å². The van der Waals surface area contributed by atoms with Gasteiger partial charge in [0.2, 0.25) is 0 Å². The number of aromatic hydroxyl groups is 4. The quantitative estimate of drug-likeness (QED) is 0.172. The van der Waals surface area contributed by atoms with Gasteiger partial charge in [0.1, 0.15) is 23.0 Å². The second kappa shape index (κ2) is 10.1. The number of phenols is 4. The van der Waals surface area contributed by atoms with Crippen LogP contribution in [0.25, 0.3) is 22.3 Å². The predicted octanol–water partition coefficient (Wildman–Crippen LogP) is 8.43. The average Bonchev–Trinajstić information content (AvgIpc) is 2.94. The summed E-state index contributed by atoms with van der Waals surface area (Å²) in [6.45, 7) is 9.50. The molecule has 4 heteroatoms. The number of phenolic OH excluding ortho intramolecular Hbond substituents is 4.